The predicted molar refractivity (Wildman–Crippen MR) is 35.6 cm³/mol. The second-order valence-electron chi connectivity index (χ2n) is 1.88. The summed E-state index contributed by atoms with van der Waals surface area (Å²) in [7, 11) is 1.46. The zero-order valence-electron chi connectivity index (χ0n) is 6.27. The number of hydrazine groups is 1. The van der Waals surface area contributed by atoms with Crippen molar-refractivity contribution in [2.45, 2.75) is 0 Å². The van der Waals surface area contributed by atoms with Crippen LogP contribution in [0, 0.1) is 5.21 Å². The van der Waals surface area contributed by atoms with Gasteiger partial charge in [-0.15, -0.1) is 5.01 Å². The zero-order chi connectivity index (χ0) is 8.69. The van der Waals surface area contributed by atoms with Gasteiger partial charge in [-0.25, -0.2) is 0 Å². The molecule has 0 aliphatic rings. The Morgan fingerprint density at radius 3 is 2.82 bits per heavy atom. The molecule has 0 aliphatic carbocycles. The van der Waals surface area contributed by atoms with Crippen LogP contribution in [-0.4, -0.2) is 47.2 Å². The molecule has 0 aromatic heterocycles. The Kier molecular flexibility index (Phi) is 5.13. The van der Waals surface area contributed by atoms with Crippen LogP contribution in [0.2, 0.25) is 0 Å². The zero-order valence-corrected chi connectivity index (χ0v) is 6.27. The van der Waals surface area contributed by atoms with Crippen LogP contribution < -0.4 is 5.32 Å². The number of aliphatic hydroxyl groups is 1. The van der Waals surface area contributed by atoms with Gasteiger partial charge in [0.05, 0.1) is 25.3 Å². The second kappa shape index (κ2) is 5.69. The number of hydrogen-bond acceptors (Lipinski definition) is 4. The minimum absolute atomic E-state index is 0.0546. The molecule has 66 valence electrons. The van der Waals surface area contributed by atoms with Crippen LogP contribution >= 0.6 is 0 Å². The molecule has 11 heavy (non-hydrogen) atoms. The molecule has 0 fully saturated rings. The molecule has 0 saturated carbocycles. The van der Waals surface area contributed by atoms with Crippen LogP contribution in [0.15, 0.2) is 5.28 Å². The summed E-state index contributed by atoms with van der Waals surface area (Å²) in [5.41, 5.74) is 0. The van der Waals surface area contributed by atoms with Gasteiger partial charge in [-0.3, -0.25) is 5.32 Å². The van der Waals surface area contributed by atoms with E-state index in [1.54, 1.807) is 0 Å². The highest BCUT2D eigenvalue weighted by atomic mass is 16.6. The molecule has 0 heterocycles. The molecule has 7 heteroatoms. The number of rotatable bonds is 5. The SMILES string of the molecule is CN(CCNCO)[N+]([O-])=NO. The molecule has 3 N–H and O–H groups in total. The fourth-order valence-electron chi connectivity index (χ4n) is 0.474. The van der Waals surface area contributed by atoms with Gasteiger partial charge < -0.3 is 15.5 Å². The topological polar surface area (TPSA) is 94.2 Å². The molecular weight excluding hydrogens is 152 g/mol. The number of hydrogen-bond donors (Lipinski definition) is 3. The fraction of sp³-hybridized carbons (Fsp3) is 1.00. The van der Waals surface area contributed by atoms with Gasteiger partial charge in [-0.1, -0.05) is 0 Å². The van der Waals surface area contributed by atoms with E-state index in [4.69, 9.17) is 10.3 Å². The molecule has 7 nitrogen and oxygen atoms in total. The maximum Gasteiger partial charge on any atom is 0.230 e. The van der Waals surface area contributed by atoms with E-state index in [1.165, 1.54) is 7.05 Å². The van der Waals surface area contributed by atoms with Gasteiger partial charge in [0.15, 0.2) is 0 Å². The van der Waals surface area contributed by atoms with E-state index >= 15 is 0 Å². The summed E-state index contributed by atoms with van der Waals surface area (Å²) in [5, 5.41) is 32.8. The first-order valence-electron chi connectivity index (χ1n) is 3.07. The lowest BCUT2D eigenvalue weighted by Crippen LogP contribution is -2.33. The van der Waals surface area contributed by atoms with Gasteiger partial charge in [-0.2, -0.15) is 0 Å². The van der Waals surface area contributed by atoms with E-state index in [1.807, 2.05) is 0 Å². The van der Waals surface area contributed by atoms with Gasteiger partial charge in [0.25, 0.3) is 0 Å². The van der Waals surface area contributed by atoms with Gasteiger partial charge in [0.1, 0.15) is 0 Å². The third-order valence-corrected chi connectivity index (χ3v) is 1.09. The Labute approximate surface area is 64.1 Å². The second-order valence-corrected chi connectivity index (χ2v) is 1.88. The maximum absolute atomic E-state index is 10.4. The average Bonchev–Trinajstić information content (AvgIpc) is 2.03. The lowest BCUT2D eigenvalue weighted by Gasteiger charge is -2.11. The summed E-state index contributed by atoms with van der Waals surface area (Å²) in [4.78, 5) is 0.0546. The summed E-state index contributed by atoms with van der Waals surface area (Å²) in [6.07, 6.45) is 0. The van der Waals surface area contributed by atoms with Crippen molar-refractivity contribution in [3.63, 3.8) is 0 Å². The van der Waals surface area contributed by atoms with Crippen molar-refractivity contribution in [2.24, 2.45) is 5.28 Å². The Morgan fingerprint density at radius 1 is 1.73 bits per heavy atom. The molecule has 0 unspecified atom stereocenters. The fourth-order valence-corrected chi connectivity index (χ4v) is 0.474. The van der Waals surface area contributed by atoms with Crippen LogP contribution in [0.3, 0.4) is 0 Å². The Balaban J connectivity index is 3.44. The summed E-state index contributed by atoms with van der Waals surface area (Å²) in [5.74, 6) is 0. The summed E-state index contributed by atoms with van der Waals surface area (Å²) in [6, 6.07) is 0. The van der Waals surface area contributed by atoms with E-state index in [2.05, 4.69) is 10.6 Å². The van der Waals surface area contributed by atoms with Crippen molar-refractivity contribution in [1.29, 1.82) is 0 Å². The van der Waals surface area contributed by atoms with Crippen LogP contribution in [0.4, 0.5) is 0 Å². The Hall–Kier alpha value is -1.08. The largest absolute Gasteiger partial charge is 0.569 e. The van der Waals surface area contributed by atoms with Crippen LogP contribution in [0.1, 0.15) is 0 Å². The van der Waals surface area contributed by atoms with E-state index in [0.29, 0.717) is 13.1 Å². The maximum atomic E-state index is 10.4. The number of likely N-dealkylation sites (N-methyl/N-ethyl adjacent to an activating group) is 1. The molecular formula is C4H12N4O3. The van der Waals surface area contributed by atoms with Crippen molar-refractivity contribution in [3.8, 4) is 0 Å². The van der Waals surface area contributed by atoms with Crippen LogP contribution in [-0.2, 0) is 0 Å². The normalized spacial score (nSPS) is 11.6. The first kappa shape index (κ1) is 9.92. The molecule has 0 amide bonds. The average molecular weight is 164 g/mol. The molecule has 0 aromatic rings. The van der Waals surface area contributed by atoms with Gasteiger partial charge in [0.2, 0.25) is 5.28 Å². The molecule has 0 aliphatic heterocycles. The highest BCUT2D eigenvalue weighted by Crippen LogP contribution is 1.81. The summed E-state index contributed by atoms with van der Waals surface area (Å²) >= 11 is 0. The molecule has 0 spiro atoms. The molecule has 0 aromatic carbocycles. The minimum atomic E-state index is -0.136. The lowest BCUT2D eigenvalue weighted by atomic mass is 10.6. The van der Waals surface area contributed by atoms with Crippen LogP contribution in [0.25, 0.3) is 0 Å². The molecule has 0 radical (unpaired) electrons. The van der Waals surface area contributed by atoms with Crippen molar-refractivity contribution in [2.75, 3.05) is 26.9 Å². The highest BCUT2D eigenvalue weighted by molar-refractivity contribution is 4.40. The molecule has 0 rings (SSSR count). The predicted octanol–water partition coefficient (Wildman–Crippen LogP) is -1.28. The van der Waals surface area contributed by atoms with Crippen LogP contribution in [0.5, 0.6) is 0 Å². The highest BCUT2D eigenvalue weighted by Gasteiger charge is 2.03. The van der Waals surface area contributed by atoms with E-state index in [-0.39, 0.29) is 11.7 Å². The minimum Gasteiger partial charge on any atom is -0.569 e. The standard InChI is InChI=1S/C4H12N4O3/c1-7(8(11)6-10)3-2-5-4-9/h5,9-10H,2-4H2,1H3. The third-order valence-electron chi connectivity index (χ3n) is 1.09. The number of nitrogens with one attached hydrogen (secondary N) is 1. The van der Waals surface area contributed by atoms with Gasteiger partial charge in [0, 0.05) is 6.54 Å². The van der Waals surface area contributed by atoms with Crippen molar-refractivity contribution >= 4 is 0 Å². The van der Waals surface area contributed by atoms with Crippen molar-refractivity contribution in [3.05, 3.63) is 5.21 Å². The quantitative estimate of drug-likeness (QED) is 0.155. The summed E-state index contributed by atoms with van der Waals surface area (Å²) in [6.45, 7) is 0.665. The Morgan fingerprint density at radius 2 is 2.36 bits per heavy atom. The molecule has 0 atom stereocenters. The van der Waals surface area contributed by atoms with Crippen molar-refractivity contribution < 1.29 is 15.3 Å². The number of aliphatic hydroxyl groups excluding tert-OH is 1. The van der Waals surface area contributed by atoms with E-state index < -0.39 is 0 Å². The van der Waals surface area contributed by atoms with E-state index in [9.17, 15) is 5.21 Å². The monoisotopic (exact) mass is 164 g/mol. The summed E-state index contributed by atoms with van der Waals surface area (Å²) < 4.78 is 0. The molecule has 0 bridgehead atoms. The van der Waals surface area contributed by atoms with Gasteiger partial charge in [-0.05, 0) is 0 Å². The first-order valence-corrected chi connectivity index (χ1v) is 3.07. The van der Waals surface area contributed by atoms with E-state index in [0.717, 1.165) is 5.01 Å². The third kappa shape index (κ3) is 4.34. The molecule has 0 saturated heterocycles. The van der Waals surface area contributed by atoms with Crippen molar-refractivity contribution in [1.82, 2.24) is 10.3 Å². The number of nitrogens with zero attached hydrogens (tertiary/aromatic N) is 3. The smallest absolute Gasteiger partial charge is 0.230 e. The van der Waals surface area contributed by atoms with Gasteiger partial charge >= 0.3 is 0 Å². The Bertz CT molecular complexity index is 129. The first-order chi connectivity index (χ1) is 5.22. The lowest BCUT2D eigenvalue weighted by molar-refractivity contribution is -0.703.